The van der Waals surface area contributed by atoms with Crippen molar-refractivity contribution in [3.05, 3.63) is 36.4 Å². The Morgan fingerprint density at radius 3 is 2.82 bits per heavy atom. The molecule has 0 aliphatic heterocycles. The summed E-state index contributed by atoms with van der Waals surface area (Å²) in [7, 11) is 0. The fourth-order valence-corrected chi connectivity index (χ4v) is 3.60. The molecule has 1 amide bonds. The van der Waals surface area contributed by atoms with Crippen molar-refractivity contribution in [3.8, 4) is 0 Å². The van der Waals surface area contributed by atoms with E-state index in [4.69, 9.17) is 4.74 Å². The Hall–Kier alpha value is -2.48. The minimum Gasteiger partial charge on any atom is -0.376 e. The van der Waals surface area contributed by atoms with Crippen molar-refractivity contribution in [1.82, 2.24) is 25.1 Å². The Morgan fingerprint density at radius 2 is 2.11 bits per heavy atom. The summed E-state index contributed by atoms with van der Waals surface area (Å²) in [6, 6.07) is 3.77. The van der Waals surface area contributed by atoms with Gasteiger partial charge in [0.15, 0.2) is 0 Å². The second kappa shape index (κ2) is 10.2. The van der Waals surface area contributed by atoms with Crippen LogP contribution in [0.1, 0.15) is 38.3 Å². The summed E-state index contributed by atoms with van der Waals surface area (Å²) < 4.78 is 7.92. The van der Waals surface area contributed by atoms with E-state index < -0.39 is 0 Å². The first-order valence-corrected chi connectivity index (χ1v) is 10.1. The predicted octanol–water partition coefficient (Wildman–Crippen LogP) is 2.17. The van der Waals surface area contributed by atoms with Crippen LogP contribution in [0.5, 0.6) is 0 Å². The molecule has 152 valence electrons. The molecule has 2 N–H and O–H groups in total. The third kappa shape index (κ3) is 5.51. The van der Waals surface area contributed by atoms with Crippen molar-refractivity contribution < 1.29 is 9.53 Å². The molecule has 0 radical (unpaired) electrons. The normalized spacial score (nSPS) is 22.0. The number of aromatic nitrogens is 4. The van der Waals surface area contributed by atoms with Gasteiger partial charge in [-0.3, -0.25) is 9.48 Å². The van der Waals surface area contributed by atoms with Crippen LogP contribution in [-0.4, -0.2) is 51.0 Å². The summed E-state index contributed by atoms with van der Waals surface area (Å²) in [5.74, 6) is 0.633. The maximum Gasteiger partial charge on any atom is 0.223 e. The third-order valence-corrected chi connectivity index (χ3v) is 5.13. The van der Waals surface area contributed by atoms with Crippen molar-refractivity contribution in [2.45, 2.75) is 58.2 Å². The molecule has 1 fully saturated rings. The lowest BCUT2D eigenvalue weighted by Crippen LogP contribution is -2.46. The van der Waals surface area contributed by atoms with Gasteiger partial charge in [-0.1, -0.05) is 6.92 Å². The number of hydrogen-bond donors (Lipinski definition) is 2. The predicted molar refractivity (Wildman–Crippen MR) is 107 cm³/mol. The average molecular weight is 387 g/mol. The molecule has 8 heteroatoms. The zero-order valence-electron chi connectivity index (χ0n) is 16.7. The van der Waals surface area contributed by atoms with E-state index in [1.165, 1.54) is 0 Å². The topological polar surface area (TPSA) is 94.0 Å². The van der Waals surface area contributed by atoms with Crippen molar-refractivity contribution >= 4 is 11.9 Å². The number of amides is 1. The van der Waals surface area contributed by atoms with Gasteiger partial charge in [0, 0.05) is 43.4 Å². The standard InChI is InChI=1S/C20H30N6O2/c1-3-13-28-18-6-5-16(14-17(18)25-20-22-8-4-9-23-20)19(27)21-11-12-26-15(2)7-10-24-26/h4,7-10,16-18H,3,5-6,11-14H2,1-2H3,(H,21,27)(H,22,23,25)/t16-,17+,18+/m0/s1. The lowest BCUT2D eigenvalue weighted by molar-refractivity contribution is -0.127. The van der Waals surface area contributed by atoms with Crippen molar-refractivity contribution in [2.75, 3.05) is 18.5 Å². The van der Waals surface area contributed by atoms with E-state index in [0.717, 1.165) is 31.6 Å². The molecule has 0 unspecified atom stereocenters. The molecule has 0 spiro atoms. The summed E-state index contributed by atoms with van der Waals surface area (Å²) in [5, 5.41) is 10.7. The monoisotopic (exact) mass is 386 g/mol. The molecule has 8 nitrogen and oxygen atoms in total. The second-order valence-corrected chi connectivity index (χ2v) is 7.23. The Morgan fingerprint density at radius 1 is 1.29 bits per heavy atom. The number of carbonyl (C=O) groups is 1. The highest BCUT2D eigenvalue weighted by atomic mass is 16.5. The number of carbonyl (C=O) groups excluding carboxylic acids is 1. The van der Waals surface area contributed by atoms with Crippen LogP contribution in [0.2, 0.25) is 0 Å². The summed E-state index contributed by atoms with van der Waals surface area (Å²) >= 11 is 0. The van der Waals surface area contributed by atoms with Crippen LogP contribution in [-0.2, 0) is 16.1 Å². The quantitative estimate of drug-likeness (QED) is 0.686. The first-order valence-electron chi connectivity index (χ1n) is 10.1. The number of nitrogens with one attached hydrogen (secondary N) is 2. The second-order valence-electron chi connectivity index (χ2n) is 7.23. The highest BCUT2D eigenvalue weighted by Crippen LogP contribution is 2.28. The van der Waals surface area contributed by atoms with E-state index in [0.29, 0.717) is 25.5 Å². The maximum atomic E-state index is 12.7. The zero-order valence-corrected chi connectivity index (χ0v) is 16.7. The van der Waals surface area contributed by atoms with Gasteiger partial charge in [0.25, 0.3) is 0 Å². The SMILES string of the molecule is CCCO[C@@H]1CC[C@H](C(=O)NCCn2nccc2C)C[C@H]1Nc1ncccn1. The molecule has 2 aromatic rings. The molecule has 2 aromatic heterocycles. The van der Waals surface area contributed by atoms with Gasteiger partial charge in [-0.25, -0.2) is 9.97 Å². The Bertz CT molecular complexity index is 735. The molecule has 2 heterocycles. The molecule has 0 bridgehead atoms. The average Bonchev–Trinajstić information content (AvgIpc) is 3.12. The Labute approximate surface area is 166 Å². The van der Waals surface area contributed by atoms with Gasteiger partial charge in [-0.15, -0.1) is 0 Å². The molecular weight excluding hydrogens is 356 g/mol. The third-order valence-electron chi connectivity index (χ3n) is 5.13. The van der Waals surface area contributed by atoms with Gasteiger partial charge < -0.3 is 15.4 Å². The van der Waals surface area contributed by atoms with Gasteiger partial charge in [0.1, 0.15) is 0 Å². The van der Waals surface area contributed by atoms with Crippen LogP contribution in [0, 0.1) is 12.8 Å². The highest BCUT2D eigenvalue weighted by molar-refractivity contribution is 5.78. The van der Waals surface area contributed by atoms with Crippen molar-refractivity contribution in [2.24, 2.45) is 5.92 Å². The minimum absolute atomic E-state index is 0.0202. The number of hydrogen-bond acceptors (Lipinski definition) is 6. The summed E-state index contributed by atoms with van der Waals surface area (Å²) in [4.78, 5) is 21.2. The Kier molecular flexibility index (Phi) is 7.36. The van der Waals surface area contributed by atoms with Gasteiger partial charge in [-0.05, 0) is 44.7 Å². The molecule has 1 aliphatic rings. The largest absolute Gasteiger partial charge is 0.376 e. The number of nitrogens with zero attached hydrogens (tertiary/aromatic N) is 4. The van der Waals surface area contributed by atoms with E-state index in [2.05, 4.69) is 32.6 Å². The van der Waals surface area contributed by atoms with Crippen molar-refractivity contribution in [1.29, 1.82) is 0 Å². The first kappa shape index (κ1) is 20.3. The number of rotatable bonds is 9. The van der Waals surface area contributed by atoms with Gasteiger partial charge >= 0.3 is 0 Å². The highest BCUT2D eigenvalue weighted by Gasteiger charge is 2.34. The fourth-order valence-electron chi connectivity index (χ4n) is 3.60. The van der Waals surface area contributed by atoms with Gasteiger partial charge in [0.2, 0.25) is 11.9 Å². The zero-order chi connectivity index (χ0) is 19.8. The van der Waals surface area contributed by atoms with Gasteiger partial charge in [0.05, 0.1) is 18.7 Å². The molecule has 1 saturated carbocycles. The number of aryl methyl sites for hydroxylation is 1. The van der Waals surface area contributed by atoms with Crippen LogP contribution in [0.25, 0.3) is 0 Å². The molecule has 3 rings (SSSR count). The lowest BCUT2D eigenvalue weighted by Gasteiger charge is -2.36. The maximum absolute atomic E-state index is 12.7. The number of ether oxygens (including phenoxy) is 1. The van der Waals surface area contributed by atoms with Crippen LogP contribution in [0.4, 0.5) is 5.95 Å². The van der Waals surface area contributed by atoms with Gasteiger partial charge in [-0.2, -0.15) is 5.10 Å². The molecule has 28 heavy (non-hydrogen) atoms. The molecule has 3 atom stereocenters. The summed E-state index contributed by atoms with van der Waals surface area (Å²) in [6.45, 7) is 6.09. The van der Waals surface area contributed by atoms with Crippen molar-refractivity contribution in [3.63, 3.8) is 0 Å². The summed E-state index contributed by atoms with van der Waals surface area (Å²) in [5.41, 5.74) is 1.09. The molecule has 0 saturated heterocycles. The minimum atomic E-state index is -0.0404. The molecular formula is C20H30N6O2. The molecule has 1 aliphatic carbocycles. The van der Waals surface area contributed by atoms with E-state index in [-0.39, 0.29) is 24.0 Å². The van der Waals surface area contributed by atoms with Crippen LogP contribution < -0.4 is 10.6 Å². The Balaban J connectivity index is 1.54. The first-order chi connectivity index (χ1) is 13.7. The van der Waals surface area contributed by atoms with E-state index in [9.17, 15) is 4.79 Å². The number of anilines is 1. The lowest BCUT2D eigenvalue weighted by atomic mass is 9.83. The van der Waals surface area contributed by atoms with Crippen LogP contribution >= 0.6 is 0 Å². The fraction of sp³-hybridized carbons (Fsp3) is 0.600. The summed E-state index contributed by atoms with van der Waals surface area (Å²) in [6.07, 6.45) is 8.62. The van der Waals surface area contributed by atoms with Crippen LogP contribution in [0.3, 0.4) is 0 Å². The van der Waals surface area contributed by atoms with E-state index in [1.54, 1.807) is 24.7 Å². The van der Waals surface area contributed by atoms with Crippen LogP contribution in [0.15, 0.2) is 30.7 Å². The van der Waals surface area contributed by atoms with E-state index >= 15 is 0 Å². The molecule has 0 aromatic carbocycles. The van der Waals surface area contributed by atoms with E-state index in [1.807, 2.05) is 17.7 Å². The smallest absolute Gasteiger partial charge is 0.223 e.